The average Bonchev–Trinajstić information content (AvgIpc) is 3.14. The Morgan fingerprint density at radius 1 is 1.29 bits per heavy atom. The van der Waals surface area contributed by atoms with Crippen molar-refractivity contribution in [3.63, 3.8) is 0 Å². The summed E-state index contributed by atoms with van der Waals surface area (Å²) >= 11 is 1.48. The highest BCUT2D eigenvalue weighted by atomic mass is 32.1. The Bertz CT molecular complexity index is 1040. The molecule has 7 heteroatoms. The van der Waals surface area contributed by atoms with Crippen LogP contribution in [0.15, 0.2) is 34.4 Å². The number of carbonyl (C=O) groups excluding carboxylic acids is 1. The van der Waals surface area contributed by atoms with Crippen LogP contribution in [0.2, 0.25) is 0 Å². The average molecular weight is 401 g/mol. The van der Waals surface area contributed by atoms with Crippen molar-refractivity contribution in [2.45, 2.75) is 39.2 Å². The number of hydrogen-bond donors (Lipinski definition) is 0. The van der Waals surface area contributed by atoms with Gasteiger partial charge in [-0.05, 0) is 30.5 Å². The van der Waals surface area contributed by atoms with Crippen LogP contribution < -0.4 is 10.3 Å². The molecule has 0 radical (unpaired) electrons. The molecule has 0 spiro atoms. The molecular weight excluding hydrogens is 376 g/mol. The van der Waals surface area contributed by atoms with Gasteiger partial charge in [0.05, 0.1) is 19.6 Å². The molecule has 0 unspecified atom stereocenters. The van der Waals surface area contributed by atoms with E-state index in [2.05, 4.69) is 6.92 Å². The van der Waals surface area contributed by atoms with Gasteiger partial charge in [0.2, 0.25) is 0 Å². The zero-order chi connectivity index (χ0) is 20.1. The van der Waals surface area contributed by atoms with Crippen LogP contribution in [0, 0.1) is 0 Å². The van der Waals surface area contributed by atoms with Gasteiger partial charge in [0, 0.05) is 30.3 Å². The molecule has 6 nitrogen and oxygen atoms in total. The van der Waals surface area contributed by atoms with Crippen LogP contribution >= 0.6 is 11.3 Å². The van der Waals surface area contributed by atoms with Gasteiger partial charge in [-0.1, -0.05) is 19.1 Å². The van der Waals surface area contributed by atoms with Gasteiger partial charge < -0.3 is 9.47 Å². The molecule has 1 aromatic carbocycles. The van der Waals surface area contributed by atoms with E-state index < -0.39 is 0 Å². The highest BCUT2D eigenvalue weighted by Crippen LogP contribution is 2.32. The Morgan fingerprint density at radius 3 is 2.82 bits per heavy atom. The molecule has 0 saturated heterocycles. The normalized spacial score (nSPS) is 11.0. The number of rotatable bonds is 8. The summed E-state index contributed by atoms with van der Waals surface area (Å²) < 4.78 is 11.7. The molecule has 0 bridgehead atoms. The topological polar surface area (TPSA) is 70.4 Å². The standard InChI is InChI=1S/C21H24N2O4S/c1-4-7-17-22-20-19(21(25)23(17)11-6-10-18(24)27-3)16(13-28-20)14-8-5-9-15(12-14)26-2/h5,8-9,12-13H,4,6-7,10-11H2,1-3H3. The van der Waals surface area contributed by atoms with Gasteiger partial charge in [0.15, 0.2) is 0 Å². The Hall–Kier alpha value is -2.67. The van der Waals surface area contributed by atoms with E-state index in [1.54, 1.807) is 11.7 Å². The number of ether oxygens (including phenoxy) is 2. The van der Waals surface area contributed by atoms with Crippen molar-refractivity contribution in [2.75, 3.05) is 14.2 Å². The van der Waals surface area contributed by atoms with E-state index in [4.69, 9.17) is 14.5 Å². The molecular formula is C21H24N2O4S. The zero-order valence-electron chi connectivity index (χ0n) is 16.4. The first-order valence-electron chi connectivity index (χ1n) is 9.31. The lowest BCUT2D eigenvalue weighted by Crippen LogP contribution is -2.25. The highest BCUT2D eigenvalue weighted by molar-refractivity contribution is 7.17. The summed E-state index contributed by atoms with van der Waals surface area (Å²) in [5.74, 6) is 1.24. The number of benzene rings is 1. The second-order valence-corrected chi connectivity index (χ2v) is 7.33. The Labute approximate surface area is 167 Å². The minimum absolute atomic E-state index is 0.0580. The minimum atomic E-state index is -0.272. The van der Waals surface area contributed by atoms with Crippen LogP contribution in [-0.2, 0) is 22.5 Å². The zero-order valence-corrected chi connectivity index (χ0v) is 17.2. The molecule has 148 valence electrons. The van der Waals surface area contributed by atoms with E-state index in [1.165, 1.54) is 18.4 Å². The van der Waals surface area contributed by atoms with Gasteiger partial charge in [-0.25, -0.2) is 4.98 Å². The number of aryl methyl sites for hydroxylation is 1. The third kappa shape index (κ3) is 4.09. The van der Waals surface area contributed by atoms with E-state index in [1.807, 2.05) is 29.6 Å². The molecule has 0 fully saturated rings. The summed E-state index contributed by atoms with van der Waals surface area (Å²) in [7, 11) is 2.99. The lowest BCUT2D eigenvalue weighted by molar-refractivity contribution is -0.140. The van der Waals surface area contributed by atoms with Gasteiger partial charge in [-0.2, -0.15) is 0 Å². The summed E-state index contributed by atoms with van der Waals surface area (Å²) in [5, 5.41) is 2.60. The first-order chi connectivity index (χ1) is 13.6. The van der Waals surface area contributed by atoms with Crippen molar-refractivity contribution < 1.29 is 14.3 Å². The molecule has 0 aliphatic heterocycles. The van der Waals surface area contributed by atoms with Gasteiger partial charge in [-0.15, -0.1) is 11.3 Å². The Balaban J connectivity index is 2.08. The quantitative estimate of drug-likeness (QED) is 0.534. The first kappa shape index (κ1) is 20.1. The lowest BCUT2D eigenvalue weighted by Gasteiger charge is -2.12. The number of nitrogens with zero attached hydrogens (tertiary/aromatic N) is 2. The molecule has 2 aromatic heterocycles. The lowest BCUT2D eigenvalue weighted by atomic mass is 10.1. The van der Waals surface area contributed by atoms with E-state index in [9.17, 15) is 9.59 Å². The maximum Gasteiger partial charge on any atom is 0.305 e. The van der Waals surface area contributed by atoms with Crippen molar-refractivity contribution >= 4 is 27.5 Å². The van der Waals surface area contributed by atoms with Gasteiger partial charge in [-0.3, -0.25) is 14.2 Å². The summed E-state index contributed by atoms with van der Waals surface area (Å²) in [4.78, 5) is 30.3. The van der Waals surface area contributed by atoms with Crippen molar-refractivity contribution in [1.82, 2.24) is 9.55 Å². The third-order valence-corrected chi connectivity index (χ3v) is 5.49. The summed E-state index contributed by atoms with van der Waals surface area (Å²) in [6.07, 6.45) is 2.42. The van der Waals surface area contributed by atoms with Gasteiger partial charge in [0.25, 0.3) is 5.56 Å². The van der Waals surface area contributed by atoms with Crippen molar-refractivity contribution in [2.24, 2.45) is 0 Å². The SMILES string of the molecule is CCCc1nc2scc(-c3cccc(OC)c3)c2c(=O)n1CCCC(=O)OC. The highest BCUT2D eigenvalue weighted by Gasteiger charge is 2.17. The summed E-state index contributed by atoms with van der Waals surface area (Å²) in [6.45, 7) is 2.50. The molecule has 0 aliphatic carbocycles. The number of aromatic nitrogens is 2. The van der Waals surface area contributed by atoms with Crippen LogP contribution in [-0.4, -0.2) is 29.7 Å². The Kier molecular flexibility index (Phi) is 6.46. The fraction of sp³-hybridized carbons (Fsp3) is 0.381. The third-order valence-electron chi connectivity index (χ3n) is 4.62. The maximum absolute atomic E-state index is 13.4. The second kappa shape index (κ2) is 9.01. The van der Waals surface area contributed by atoms with E-state index in [0.717, 1.165) is 40.4 Å². The number of thiophene rings is 1. The summed E-state index contributed by atoms with van der Waals surface area (Å²) in [6, 6.07) is 7.67. The molecule has 0 N–H and O–H groups in total. The predicted octanol–water partition coefficient (Wildman–Crippen LogP) is 4.04. The van der Waals surface area contributed by atoms with Crippen molar-refractivity contribution in [3.8, 4) is 16.9 Å². The molecule has 0 amide bonds. The number of hydrogen-bond acceptors (Lipinski definition) is 6. The van der Waals surface area contributed by atoms with Crippen LogP contribution in [0.5, 0.6) is 5.75 Å². The van der Waals surface area contributed by atoms with E-state index in [-0.39, 0.29) is 17.9 Å². The van der Waals surface area contributed by atoms with E-state index in [0.29, 0.717) is 18.4 Å². The largest absolute Gasteiger partial charge is 0.497 e. The molecule has 0 saturated carbocycles. The van der Waals surface area contributed by atoms with E-state index >= 15 is 0 Å². The number of fused-ring (bicyclic) bond motifs is 1. The summed E-state index contributed by atoms with van der Waals surface area (Å²) in [5.41, 5.74) is 1.73. The monoisotopic (exact) mass is 400 g/mol. The first-order valence-corrected chi connectivity index (χ1v) is 10.2. The van der Waals surface area contributed by atoms with Crippen LogP contribution in [0.25, 0.3) is 21.3 Å². The number of esters is 1. The molecule has 3 aromatic rings. The molecule has 0 atom stereocenters. The molecule has 3 rings (SSSR count). The minimum Gasteiger partial charge on any atom is -0.497 e. The molecule has 0 aliphatic rings. The number of methoxy groups -OCH3 is 2. The van der Waals surface area contributed by atoms with Gasteiger partial charge >= 0.3 is 5.97 Å². The van der Waals surface area contributed by atoms with Crippen LogP contribution in [0.4, 0.5) is 0 Å². The maximum atomic E-state index is 13.4. The fourth-order valence-corrected chi connectivity index (χ4v) is 4.15. The van der Waals surface area contributed by atoms with Crippen LogP contribution in [0.3, 0.4) is 0 Å². The van der Waals surface area contributed by atoms with Crippen LogP contribution in [0.1, 0.15) is 32.0 Å². The molecule has 28 heavy (non-hydrogen) atoms. The van der Waals surface area contributed by atoms with Gasteiger partial charge in [0.1, 0.15) is 16.4 Å². The smallest absolute Gasteiger partial charge is 0.305 e. The second-order valence-electron chi connectivity index (χ2n) is 6.48. The van der Waals surface area contributed by atoms with Crippen molar-refractivity contribution in [3.05, 3.63) is 45.8 Å². The Morgan fingerprint density at radius 2 is 2.11 bits per heavy atom. The van der Waals surface area contributed by atoms with Crippen molar-refractivity contribution in [1.29, 1.82) is 0 Å². The fourth-order valence-electron chi connectivity index (χ4n) is 3.20. The predicted molar refractivity (Wildman–Crippen MR) is 111 cm³/mol. The molecule has 2 heterocycles. The number of carbonyl (C=O) groups is 1.